The van der Waals surface area contributed by atoms with Crippen LogP contribution in [0.1, 0.15) is 57.6 Å². The van der Waals surface area contributed by atoms with E-state index in [9.17, 15) is 0 Å². The number of aryl methyl sites for hydroxylation is 1. The molecule has 2 aliphatic rings. The summed E-state index contributed by atoms with van der Waals surface area (Å²) in [4.78, 5) is 0. The highest BCUT2D eigenvalue weighted by Gasteiger charge is 2.25. The van der Waals surface area contributed by atoms with Crippen LogP contribution in [0.2, 0.25) is 0 Å². The molecule has 0 amide bonds. The average molecular weight is 263 g/mol. The Bertz CT molecular complexity index is 417. The predicted molar refractivity (Wildman–Crippen MR) is 74.4 cm³/mol. The number of hydrazine groups is 1. The van der Waals surface area contributed by atoms with Crippen LogP contribution in [0.4, 0.5) is 0 Å². The second-order valence-electron chi connectivity index (χ2n) is 6.01. The van der Waals surface area contributed by atoms with Gasteiger partial charge in [-0.05, 0) is 39.5 Å². The molecular formula is C14H25N5. The summed E-state index contributed by atoms with van der Waals surface area (Å²) in [6.07, 6.45) is 7.52. The SMILES string of the molecule is CC1CCCC(C)N1NCc1nnc2n1CCCC2. The standard InChI is InChI=1S/C14H25N5/c1-11-6-5-7-12(2)19(11)15-10-14-17-16-13-8-3-4-9-18(13)14/h11-12,15H,3-10H2,1-2H3. The molecule has 19 heavy (non-hydrogen) atoms. The van der Waals surface area contributed by atoms with E-state index in [1.807, 2.05) is 0 Å². The molecule has 0 radical (unpaired) electrons. The zero-order valence-electron chi connectivity index (χ0n) is 12.1. The summed E-state index contributed by atoms with van der Waals surface area (Å²) >= 11 is 0. The fourth-order valence-electron chi connectivity index (χ4n) is 3.39. The van der Waals surface area contributed by atoms with E-state index >= 15 is 0 Å². The molecule has 1 fully saturated rings. The summed E-state index contributed by atoms with van der Waals surface area (Å²) in [6.45, 7) is 6.51. The minimum Gasteiger partial charge on any atom is -0.314 e. The Morgan fingerprint density at radius 2 is 1.89 bits per heavy atom. The first kappa shape index (κ1) is 13.1. The summed E-state index contributed by atoms with van der Waals surface area (Å²) in [5.74, 6) is 2.27. The lowest BCUT2D eigenvalue weighted by atomic mass is 10.00. The molecule has 3 rings (SSSR count). The zero-order chi connectivity index (χ0) is 13.2. The zero-order valence-corrected chi connectivity index (χ0v) is 12.1. The van der Waals surface area contributed by atoms with E-state index in [0.717, 1.165) is 25.3 Å². The number of piperidine rings is 1. The third kappa shape index (κ3) is 2.67. The van der Waals surface area contributed by atoms with Crippen molar-refractivity contribution in [2.45, 2.75) is 77.5 Å². The first-order valence-corrected chi connectivity index (χ1v) is 7.68. The summed E-state index contributed by atoms with van der Waals surface area (Å²) in [5, 5.41) is 11.1. The molecule has 5 heteroatoms. The predicted octanol–water partition coefficient (Wildman–Crippen LogP) is 1.88. The van der Waals surface area contributed by atoms with Crippen molar-refractivity contribution >= 4 is 0 Å². The Labute approximate surface area is 115 Å². The van der Waals surface area contributed by atoms with E-state index in [2.05, 4.69) is 39.0 Å². The van der Waals surface area contributed by atoms with Crippen molar-refractivity contribution in [3.05, 3.63) is 11.6 Å². The summed E-state index contributed by atoms with van der Waals surface area (Å²) < 4.78 is 2.30. The maximum absolute atomic E-state index is 4.36. The lowest BCUT2D eigenvalue weighted by molar-refractivity contribution is 0.0421. The summed E-state index contributed by atoms with van der Waals surface area (Å²) in [5.41, 5.74) is 3.58. The maximum Gasteiger partial charge on any atom is 0.148 e. The van der Waals surface area contributed by atoms with Crippen LogP contribution in [0.15, 0.2) is 0 Å². The minimum absolute atomic E-state index is 0.618. The van der Waals surface area contributed by atoms with Gasteiger partial charge in [0.25, 0.3) is 0 Å². The molecule has 0 saturated carbocycles. The molecule has 0 aromatic carbocycles. The van der Waals surface area contributed by atoms with Crippen LogP contribution >= 0.6 is 0 Å². The molecule has 1 saturated heterocycles. The van der Waals surface area contributed by atoms with Crippen LogP contribution in [0.3, 0.4) is 0 Å². The van der Waals surface area contributed by atoms with Gasteiger partial charge in [-0.15, -0.1) is 10.2 Å². The number of fused-ring (bicyclic) bond motifs is 1. The van der Waals surface area contributed by atoms with E-state index in [-0.39, 0.29) is 0 Å². The third-order valence-corrected chi connectivity index (χ3v) is 4.55. The second-order valence-corrected chi connectivity index (χ2v) is 6.01. The van der Waals surface area contributed by atoms with Gasteiger partial charge in [-0.3, -0.25) is 0 Å². The van der Waals surface area contributed by atoms with Gasteiger partial charge in [-0.1, -0.05) is 6.42 Å². The number of hydrogen-bond donors (Lipinski definition) is 1. The molecular weight excluding hydrogens is 238 g/mol. The number of nitrogens with one attached hydrogen (secondary N) is 1. The van der Waals surface area contributed by atoms with Crippen molar-refractivity contribution in [1.29, 1.82) is 0 Å². The van der Waals surface area contributed by atoms with E-state index in [1.165, 1.54) is 37.9 Å². The van der Waals surface area contributed by atoms with Crippen LogP contribution in [0.25, 0.3) is 0 Å². The lowest BCUT2D eigenvalue weighted by Gasteiger charge is -2.39. The van der Waals surface area contributed by atoms with Crippen molar-refractivity contribution in [2.24, 2.45) is 0 Å². The second kappa shape index (κ2) is 5.59. The van der Waals surface area contributed by atoms with Gasteiger partial charge >= 0.3 is 0 Å². The van der Waals surface area contributed by atoms with Gasteiger partial charge in [0.1, 0.15) is 11.6 Å². The van der Waals surface area contributed by atoms with Crippen LogP contribution in [-0.2, 0) is 19.5 Å². The Balaban J connectivity index is 1.64. The lowest BCUT2D eigenvalue weighted by Crippen LogP contribution is -2.51. The Morgan fingerprint density at radius 3 is 2.68 bits per heavy atom. The Hall–Kier alpha value is -0.940. The highest BCUT2D eigenvalue weighted by Crippen LogP contribution is 2.21. The topological polar surface area (TPSA) is 46.0 Å². The third-order valence-electron chi connectivity index (χ3n) is 4.55. The van der Waals surface area contributed by atoms with E-state index in [4.69, 9.17) is 0 Å². The minimum atomic E-state index is 0.618. The molecule has 1 N–H and O–H groups in total. The Kier molecular flexibility index (Phi) is 3.84. The van der Waals surface area contributed by atoms with Crippen molar-refractivity contribution in [3.8, 4) is 0 Å². The van der Waals surface area contributed by atoms with Gasteiger partial charge in [0, 0.05) is 25.0 Å². The largest absolute Gasteiger partial charge is 0.314 e. The number of nitrogens with zero attached hydrogens (tertiary/aromatic N) is 4. The quantitative estimate of drug-likeness (QED) is 0.904. The van der Waals surface area contributed by atoms with E-state index in [1.54, 1.807) is 0 Å². The Morgan fingerprint density at radius 1 is 1.11 bits per heavy atom. The smallest absolute Gasteiger partial charge is 0.148 e. The fraction of sp³-hybridized carbons (Fsp3) is 0.857. The number of hydrogen-bond acceptors (Lipinski definition) is 4. The summed E-state index contributed by atoms with van der Waals surface area (Å²) in [7, 11) is 0. The maximum atomic E-state index is 4.36. The summed E-state index contributed by atoms with van der Waals surface area (Å²) in [6, 6.07) is 1.24. The van der Waals surface area contributed by atoms with Gasteiger partial charge in [0.05, 0.1) is 6.54 Å². The molecule has 0 spiro atoms. The van der Waals surface area contributed by atoms with Gasteiger partial charge in [-0.2, -0.15) is 0 Å². The molecule has 1 aromatic rings. The first-order chi connectivity index (χ1) is 9.25. The van der Waals surface area contributed by atoms with Gasteiger partial charge < -0.3 is 4.57 Å². The van der Waals surface area contributed by atoms with E-state index < -0.39 is 0 Å². The molecule has 0 bridgehead atoms. The van der Waals surface area contributed by atoms with E-state index in [0.29, 0.717) is 12.1 Å². The van der Waals surface area contributed by atoms with Crippen molar-refractivity contribution in [2.75, 3.05) is 0 Å². The first-order valence-electron chi connectivity index (χ1n) is 7.68. The van der Waals surface area contributed by atoms with Gasteiger partial charge in [0.2, 0.25) is 0 Å². The van der Waals surface area contributed by atoms with Crippen molar-refractivity contribution < 1.29 is 0 Å². The van der Waals surface area contributed by atoms with Gasteiger partial charge in [0.15, 0.2) is 0 Å². The molecule has 5 nitrogen and oxygen atoms in total. The normalized spacial score (nSPS) is 28.3. The monoisotopic (exact) mass is 263 g/mol. The molecule has 0 aliphatic carbocycles. The number of aromatic nitrogens is 3. The van der Waals surface area contributed by atoms with Crippen LogP contribution in [0, 0.1) is 0 Å². The van der Waals surface area contributed by atoms with Crippen molar-refractivity contribution in [3.63, 3.8) is 0 Å². The number of rotatable bonds is 3. The highest BCUT2D eigenvalue weighted by atomic mass is 15.5. The fourth-order valence-corrected chi connectivity index (χ4v) is 3.39. The molecule has 2 unspecified atom stereocenters. The van der Waals surface area contributed by atoms with Crippen LogP contribution in [0.5, 0.6) is 0 Å². The van der Waals surface area contributed by atoms with Gasteiger partial charge in [-0.25, -0.2) is 10.4 Å². The molecule has 106 valence electrons. The van der Waals surface area contributed by atoms with Crippen LogP contribution < -0.4 is 5.43 Å². The van der Waals surface area contributed by atoms with Crippen LogP contribution in [-0.4, -0.2) is 31.9 Å². The molecule has 2 atom stereocenters. The highest BCUT2D eigenvalue weighted by molar-refractivity contribution is 4.98. The molecule has 2 aliphatic heterocycles. The average Bonchev–Trinajstić information content (AvgIpc) is 2.82. The molecule has 3 heterocycles. The van der Waals surface area contributed by atoms with Crippen molar-refractivity contribution in [1.82, 2.24) is 25.2 Å². The molecule has 1 aromatic heterocycles.